The van der Waals surface area contributed by atoms with Crippen LogP contribution in [0.15, 0.2) is 36.7 Å². The van der Waals surface area contributed by atoms with Crippen LogP contribution in [0.3, 0.4) is 0 Å². The summed E-state index contributed by atoms with van der Waals surface area (Å²) >= 11 is 0.920. The van der Waals surface area contributed by atoms with Gasteiger partial charge in [-0.2, -0.15) is 5.10 Å². The largest absolute Gasteiger partial charge is 0.339 e. The van der Waals surface area contributed by atoms with Crippen LogP contribution >= 0.6 is 11.5 Å². The summed E-state index contributed by atoms with van der Waals surface area (Å²) in [7, 11) is 1.98. The van der Waals surface area contributed by atoms with Crippen LogP contribution in [0.1, 0.15) is 84.1 Å². The Hall–Kier alpha value is -4.24. The molecule has 3 N–H and O–H groups in total. The number of hydrogen-bond acceptors (Lipinski definition) is 9. The molecule has 5 rings (SSSR count). The van der Waals surface area contributed by atoms with Gasteiger partial charge in [0, 0.05) is 44.8 Å². The Balaban J connectivity index is 1.32. The average molecular weight is 682 g/mol. The number of likely N-dealkylation sites (N-methyl/N-ethyl adjacent to an activating group) is 1. The van der Waals surface area contributed by atoms with Crippen LogP contribution in [0.25, 0.3) is 0 Å². The van der Waals surface area contributed by atoms with E-state index in [1.807, 2.05) is 20.9 Å². The molecule has 0 bridgehead atoms. The van der Waals surface area contributed by atoms with Crippen molar-refractivity contribution < 1.29 is 23.6 Å². The number of anilines is 1. The molecule has 15 heteroatoms. The molecule has 2 atom stereocenters. The van der Waals surface area contributed by atoms with Crippen molar-refractivity contribution in [1.29, 1.82) is 0 Å². The van der Waals surface area contributed by atoms with E-state index in [1.165, 1.54) is 18.3 Å². The first kappa shape index (κ1) is 35.1. The van der Waals surface area contributed by atoms with Crippen molar-refractivity contribution in [3.05, 3.63) is 58.6 Å². The summed E-state index contributed by atoms with van der Waals surface area (Å²) in [6.07, 6.45) is 8.49. The Morgan fingerprint density at radius 2 is 1.71 bits per heavy atom. The monoisotopic (exact) mass is 681 g/mol. The van der Waals surface area contributed by atoms with Gasteiger partial charge in [0.2, 0.25) is 11.8 Å². The van der Waals surface area contributed by atoms with Crippen molar-refractivity contribution in [1.82, 2.24) is 39.8 Å². The van der Waals surface area contributed by atoms with Crippen LogP contribution in [0.5, 0.6) is 0 Å². The SMILES string of the molecule is CC(C)n1nccc1C(=O)N[C@H](C(=O)Nc1ccc(C[C@@H](NC(=O)c2cnns2)C(=O)N2CCN(C)CC2)cc1F)C1CCCCCC1. The van der Waals surface area contributed by atoms with E-state index < -0.39 is 35.6 Å². The summed E-state index contributed by atoms with van der Waals surface area (Å²) in [5.74, 6) is -2.43. The Bertz CT molecular complexity index is 1560. The van der Waals surface area contributed by atoms with Crippen LogP contribution in [0.2, 0.25) is 0 Å². The minimum atomic E-state index is -0.947. The van der Waals surface area contributed by atoms with Gasteiger partial charge >= 0.3 is 0 Å². The van der Waals surface area contributed by atoms with Gasteiger partial charge in [-0.25, -0.2) is 4.39 Å². The maximum absolute atomic E-state index is 15.6. The van der Waals surface area contributed by atoms with E-state index in [1.54, 1.807) is 27.9 Å². The highest BCUT2D eigenvalue weighted by molar-refractivity contribution is 7.07. The van der Waals surface area contributed by atoms with Crippen molar-refractivity contribution in [2.75, 3.05) is 38.5 Å². The standard InChI is InChI=1S/C33H44FN9O4S/c1-21(2)43-27(12-13-36-43)30(44)39-29(23-8-6-4-5-7-9-23)32(46)37-25-11-10-22(18-24(25)34)19-26(38-31(45)28-20-35-40-48-28)33(47)42-16-14-41(3)15-17-42/h10-13,18,20-21,23,26,29H,4-9,14-17,19H2,1-3H3,(H,37,46)(H,38,45)(H,39,44)/t26-,29+/m1/s1. The lowest BCUT2D eigenvalue weighted by Crippen LogP contribution is -2.54. The first-order valence-electron chi connectivity index (χ1n) is 16.6. The third-order valence-corrected chi connectivity index (χ3v) is 9.73. The molecule has 3 aromatic rings. The number of benzene rings is 1. The topological polar surface area (TPSA) is 154 Å². The second-order valence-electron chi connectivity index (χ2n) is 12.9. The summed E-state index contributed by atoms with van der Waals surface area (Å²) in [5.41, 5.74) is 0.785. The normalized spacial score (nSPS) is 17.4. The number of halogens is 1. The highest BCUT2D eigenvalue weighted by atomic mass is 32.1. The maximum atomic E-state index is 15.6. The second kappa shape index (κ2) is 16.2. The molecule has 258 valence electrons. The zero-order valence-corrected chi connectivity index (χ0v) is 28.5. The van der Waals surface area contributed by atoms with Crippen molar-refractivity contribution in [3.8, 4) is 0 Å². The van der Waals surface area contributed by atoms with E-state index >= 15 is 4.39 Å². The fraction of sp³-hybridized carbons (Fsp3) is 0.545. The highest BCUT2D eigenvalue weighted by Crippen LogP contribution is 2.27. The quantitative estimate of drug-likeness (QED) is 0.261. The summed E-state index contributed by atoms with van der Waals surface area (Å²) in [4.78, 5) is 57.7. The number of amides is 4. The van der Waals surface area contributed by atoms with E-state index in [4.69, 9.17) is 0 Å². The van der Waals surface area contributed by atoms with E-state index in [0.717, 1.165) is 50.1 Å². The van der Waals surface area contributed by atoms with Gasteiger partial charge < -0.3 is 25.8 Å². The minimum absolute atomic E-state index is 0.0365. The zero-order valence-electron chi connectivity index (χ0n) is 27.7. The predicted molar refractivity (Wildman–Crippen MR) is 179 cm³/mol. The molecular weight excluding hydrogens is 637 g/mol. The van der Waals surface area contributed by atoms with Gasteiger partial charge in [-0.05, 0) is 74.9 Å². The van der Waals surface area contributed by atoms with Crippen molar-refractivity contribution in [3.63, 3.8) is 0 Å². The molecular formula is C33H44FN9O4S. The summed E-state index contributed by atoms with van der Waals surface area (Å²) in [6.45, 7) is 6.28. The fourth-order valence-corrected chi connectivity index (χ4v) is 6.76. The van der Waals surface area contributed by atoms with Gasteiger partial charge in [0.15, 0.2) is 0 Å². The number of piperazine rings is 1. The maximum Gasteiger partial charge on any atom is 0.270 e. The summed E-state index contributed by atoms with van der Waals surface area (Å²) < 4.78 is 21.0. The van der Waals surface area contributed by atoms with Gasteiger partial charge in [0.05, 0.1) is 11.9 Å². The molecule has 2 aromatic heterocycles. The number of carbonyl (C=O) groups excluding carboxylic acids is 4. The average Bonchev–Trinajstić information content (AvgIpc) is 3.73. The molecule has 13 nitrogen and oxygen atoms in total. The highest BCUT2D eigenvalue weighted by Gasteiger charge is 2.33. The van der Waals surface area contributed by atoms with Gasteiger partial charge in [-0.15, -0.1) is 5.10 Å². The molecule has 0 radical (unpaired) electrons. The lowest BCUT2D eigenvalue weighted by Gasteiger charge is -2.34. The van der Waals surface area contributed by atoms with Gasteiger partial charge in [0.1, 0.15) is 28.5 Å². The number of carbonyl (C=O) groups is 4. The first-order valence-corrected chi connectivity index (χ1v) is 17.4. The molecule has 2 aliphatic rings. The smallest absolute Gasteiger partial charge is 0.270 e. The first-order chi connectivity index (χ1) is 23.1. The van der Waals surface area contributed by atoms with Crippen molar-refractivity contribution >= 4 is 40.8 Å². The van der Waals surface area contributed by atoms with E-state index in [0.29, 0.717) is 37.4 Å². The Labute approximate surface area is 283 Å². The number of hydrogen-bond donors (Lipinski definition) is 3. The third-order valence-electron chi connectivity index (χ3n) is 9.07. The Morgan fingerprint density at radius 3 is 2.35 bits per heavy atom. The van der Waals surface area contributed by atoms with E-state index in [9.17, 15) is 19.2 Å². The van der Waals surface area contributed by atoms with Crippen LogP contribution in [0.4, 0.5) is 10.1 Å². The molecule has 1 saturated heterocycles. The third kappa shape index (κ3) is 8.81. The number of nitrogens with zero attached hydrogens (tertiary/aromatic N) is 6. The second-order valence-corrected chi connectivity index (χ2v) is 13.7. The molecule has 48 heavy (non-hydrogen) atoms. The molecule has 4 amide bonds. The van der Waals surface area contributed by atoms with E-state index in [-0.39, 0.29) is 34.9 Å². The lowest BCUT2D eigenvalue weighted by molar-refractivity contribution is -0.134. The minimum Gasteiger partial charge on any atom is -0.339 e. The van der Waals surface area contributed by atoms with Gasteiger partial charge in [-0.1, -0.05) is 36.2 Å². The van der Waals surface area contributed by atoms with Crippen molar-refractivity contribution in [2.45, 2.75) is 76.9 Å². The predicted octanol–water partition coefficient (Wildman–Crippen LogP) is 3.28. The molecule has 0 spiro atoms. The number of aromatic nitrogens is 4. The molecule has 1 saturated carbocycles. The summed E-state index contributed by atoms with van der Waals surface area (Å²) in [6, 6.07) is 4.10. The van der Waals surface area contributed by atoms with Crippen LogP contribution in [0, 0.1) is 11.7 Å². The lowest BCUT2D eigenvalue weighted by atomic mass is 9.91. The van der Waals surface area contributed by atoms with Crippen LogP contribution in [-0.4, -0.2) is 98.1 Å². The Morgan fingerprint density at radius 1 is 0.979 bits per heavy atom. The zero-order chi connectivity index (χ0) is 34.2. The van der Waals surface area contributed by atoms with Gasteiger partial charge in [0.25, 0.3) is 11.8 Å². The van der Waals surface area contributed by atoms with Gasteiger partial charge in [-0.3, -0.25) is 23.9 Å². The molecule has 3 heterocycles. The molecule has 1 aliphatic carbocycles. The number of rotatable bonds is 11. The Kier molecular flexibility index (Phi) is 11.9. The van der Waals surface area contributed by atoms with Crippen molar-refractivity contribution in [2.24, 2.45) is 5.92 Å². The molecule has 2 fully saturated rings. The van der Waals surface area contributed by atoms with E-state index in [2.05, 4.69) is 35.5 Å². The fourth-order valence-electron chi connectivity index (χ4n) is 6.34. The molecule has 1 aromatic carbocycles. The molecule has 0 unspecified atom stereocenters. The van der Waals surface area contributed by atoms with Crippen LogP contribution in [-0.2, 0) is 16.0 Å². The van der Waals surface area contributed by atoms with Crippen LogP contribution < -0.4 is 16.0 Å². The molecule has 1 aliphatic heterocycles. The summed E-state index contributed by atoms with van der Waals surface area (Å²) in [5, 5.41) is 16.4. The number of nitrogens with one attached hydrogen (secondary N) is 3.